The third-order valence-corrected chi connectivity index (χ3v) is 1.68. The van der Waals surface area contributed by atoms with Crippen molar-refractivity contribution in [1.29, 1.82) is 0 Å². The highest BCUT2D eigenvalue weighted by molar-refractivity contribution is 6.16. The van der Waals surface area contributed by atoms with Crippen molar-refractivity contribution in [3.8, 4) is 0 Å². The molecule has 1 atom stereocenters. The molecule has 0 spiro atoms. The van der Waals surface area contributed by atoms with Gasteiger partial charge in [-0.1, -0.05) is 13.3 Å². The van der Waals surface area contributed by atoms with Gasteiger partial charge in [0.2, 0.25) is 0 Å². The van der Waals surface area contributed by atoms with Crippen molar-refractivity contribution >= 4 is 11.7 Å². The molecule has 0 aromatic carbocycles. The van der Waals surface area contributed by atoms with Crippen molar-refractivity contribution in [2.75, 3.05) is 0 Å². The molecular weight excluding hydrogens is 166 g/mol. The summed E-state index contributed by atoms with van der Waals surface area (Å²) in [5.74, 6) is -0.198. The van der Waals surface area contributed by atoms with Gasteiger partial charge in [-0.15, -0.1) is 0 Å². The standard InChI is InChI=1S/C10H17NO2/c1-5-6-7-8(11-7)9(12)13-10(2,3)4/h8H,5-6H2,1-4H3/t8-/m0/s1. The summed E-state index contributed by atoms with van der Waals surface area (Å²) >= 11 is 0. The lowest BCUT2D eigenvalue weighted by Crippen LogP contribution is -2.28. The van der Waals surface area contributed by atoms with Gasteiger partial charge < -0.3 is 4.74 Å². The number of aliphatic imine (C=N–C) groups is 1. The van der Waals surface area contributed by atoms with E-state index in [2.05, 4.69) is 11.9 Å². The van der Waals surface area contributed by atoms with Crippen LogP contribution in [0.3, 0.4) is 0 Å². The number of hydrogen-bond donors (Lipinski definition) is 0. The van der Waals surface area contributed by atoms with Crippen LogP contribution in [-0.4, -0.2) is 23.3 Å². The Morgan fingerprint density at radius 2 is 2.15 bits per heavy atom. The number of rotatable bonds is 3. The molecule has 0 radical (unpaired) electrons. The van der Waals surface area contributed by atoms with Crippen LogP contribution >= 0.6 is 0 Å². The van der Waals surface area contributed by atoms with E-state index in [4.69, 9.17) is 4.74 Å². The number of esters is 1. The van der Waals surface area contributed by atoms with Gasteiger partial charge in [-0.3, -0.25) is 4.99 Å². The van der Waals surface area contributed by atoms with Gasteiger partial charge in [0.15, 0.2) is 6.04 Å². The van der Waals surface area contributed by atoms with Gasteiger partial charge in [-0.05, 0) is 27.2 Å². The zero-order valence-corrected chi connectivity index (χ0v) is 8.76. The number of nitrogens with zero attached hydrogens (tertiary/aromatic N) is 1. The Bertz CT molecular complexity index is 238. The lowest BCUT2D eigenvalue weighted by molar-refractivity contribution is -0.153. The Morgan fingerprint density at radius 1 is 1.54 bits per heavy atom. The minimum atomic E-state index is -0.396. The van der Waals surface area contributed by atoms with Crippen LogP contribution in [0.2, 0.25) is 0 Å². The molecule has 0 unspecified atom stereocenters. The molecule has 13 heavy (non-hydrogen) atoms. The summed E-state index contributed by atoms with van der Waals surface area (Å²) in [7, 11) is 0. The smallest absolute Gasteiger partial charge is 0.337 e. The van der Waals surface area contributed by atoms with E-state index in [1.807, 2.05) is 20.8 Å². The number of carbonyl (C=O) groups excluding carboxylic acids is 1. The molecule has 0 saturated heterocycles. The first kappa shape index (κ1) is 10.2. The molecule has 1 aliphatic rings. The Kier molecular flexibility index (Phi) is 2.74. The first-order chi connectivity index (χ1) is 5.94. The van der Waals surface area contributed by atoms with Gasteiger partial charge in [0.1, 0.15) is 5.60 Å². The maximum Gasteiger partial charge on any atom is 0.337 e. The Labute approximate surface area is 79.2 Å². The minimum absolute atomic E-state index is 0.198. The molecule has 3 heteroatoms. The van der Waals surface area contributed by atoms with Crippen LogP contribution in [0.4, 0.5) is 0 Å². The first-order valence-corrected chi connectivity index (χ1v) is 4.73. The third kappa shape index (κ3) is 3.17. The first-order valence-electron chi connectivity index (χ1n) is 4.73. The van der Waals surface area contributed by atoms with Crippen LogP contribution in [0.5, 0.6) is 0 Å². The van der Waals surface area contributed by atoms with E-state index in [1.54, 1.807) is 0 Å². The monoisotopic (exact) mass is 183 g/mol. The summed E-state index contributed by atoms with van der Waals surface area (Å²) in [5.41, 5.74) is 0.601. The largest absolute Gasteiger partial charge is 0.458 e. The molecule has 3 nitrogen and oxygen atoms in total. The van der Waals surface area contributed by atoms with Gasteiger partial charge in [-0.25, -0.2) is 4.79 Å². The van der Waals surface area contributed by atoms with E-state index in [0.29, 0.717) is 0 Å². The van der Waals surface area contributed by atoms with Crippen molar-refractivity contribution < 1.29 is 9.53 Å². The van der Waals surface area contributed by atoms with E-state index < -0.39 is 5.60 Å². The highest BCUT2D eigenvalue weighted by Crippen LogP contribution is 2.20. The van der Waals surface area contributed by atoms with E-state index in [9.17, 15) is 4.79 Å². The molecule has 1 heterocycles. The van der Waals surface area contributed by atoms with Crippen LogP contribution in [0.1, 0.15) is 40.5 Å². The Balaban J connectivity index is 2.29. The fourth-order valence-corrected chi connectivity index (χ4v) is 1.13. The number of carbonyl (C=O) groups is 1. The van der Waals surface area contributed by atoms with Crippen LogP contribution in [0, 0.1) is 0 Å². The number of ether oxygens (including phenoxy) is 1. The molecule has 0 fully saturated rings. The van der Waals surface area contributed by atoms with Crippen molar-refractivity contribution in [2.24, 2.45) is 4.99 Å². The Morgan fingerprint density at radius 3 is 2.62 bits per heavy atom. The Hall–Kier alpha value is -0.860. The lowest BCUT2D eigenvalue weighted by atomic mass is 10.1. The zero-order chi connectivity index (χ0) is 10.1. The molecule has 0 aromatic heterocycles. The van der Waals surface area contributed by atoms with Crippen molar-refractivity contribution in [3.05, 3.63) is 0 Å². The molecule has 1 aliphatic heterocycles. The molecule has 0 bridgehead atoms. The van der Waals surface area contributed by atoms with Crippen molar-refractivity contribution in [1.82, 2.24) is 0 Å². The SMILES string of the molecule is CCCC1=N[C@@H]1C(=O)OC(C)(C)C. The maximum absolute atomic E-state index is 11.4. The van der Waals surface area contributed by atoms with Gasteiger partial charge in [-0.2, -0.15) is 0 Å². The summed E-state index contributed by atoms with van der Waals surface area (Å²) in [6, 6.07) is -0.251. The highest BCUT2D eigenvalue weighted by Gasteiger charge is 2.37. The van der Waals surface area contributed by atoms with E-state index >= 15 is 0 Å². The second kappa shape index (κ2) is 3.48. The molecule has 0 aliphatic carbocycles. The summed E-state index contributed by atoms with van der Waals surface area (Å²) in [5, 5.41) is 0. The fourth-order valence-electron chi connectivity index (χ4n) is 1.13. The summed E-state index contributed by atoms with van der Waals surface area (Å²) in [6.07, 6.45) is 1.96. The summed E-state index contributed by atoms with van der Waals surface area (Å²) in [4.78, 5) is 15.4. The average molecular weight is 183 g/mol. The van der Waals surface area contributed by atoms with E-state index in [0.717, 1.165) is 18.6 Å². The molecule has 0 N–H and O–H groups in total. The van der Waals surface area contributed by atoms with Crippen LogP contribution in [0.15, 0.2) is 4.99 Å². The van der Waals surface area contributed by atoms with Gasteiger partial charge in [0.25, 0.3) is 0 Å². The predicted molar refractivity (Wildman–Crippen MR) is 52.0 cm³/mol. The normalized spacial score (nSPS) is 20.9. The molecule has 0 saturated carbocycles. The van der Waals surface area contributed by atoms with Crippen LogP contribution < -0.4 is 0 Å². The quantitative estimate of drug-likeness (QED) is 0.627. The van der Waals surface area contributed by atoms with E-state index in [1.165, 1.54) is 0 Å². The maximum atomic E-state index is 11.4. The minimum Gasteiger partial charge on any atom is -0.458 e. The van der Waals surface area contributed by atoms with Gasteiger partial charge >= 0.3 is 5.97 Å². The highest BCUT2D eigenvalue weighted by atomic mass is 16.6. The third-order valence-electron chi connectivity index (χ3n) is 1.68. The lowest BCUT2D eigenvalue weighted by Gasteiger charge is -2.18. The van der Waals surface area contributed by atoms with Crippen molar-refractivity contribution in [3.63, 3.8) is 0 Å². The van der Waals surface area contributed by atoms with Gasteiger partial charge in [0.05, 0.1) is 0 Å². The average Bonchev–Trinajstić information content (AvgIpc) is 2.64. The molecule has 1 rings (SSSR count). The van der Waals surface area contributed by atoms with Crippen LogP contribution in [-0.2, 0) is 9.53 Å². The second-order valence-corrected chi connectivity index (χ2v) is 4.31. The molecule has 0 amide bonds. The molecular formula is C10H17NO2. The summed E-state index contributed by atoms with van der Waals surface area (Å²) < 4.78 is 5.18. The predicted octanol–water partition coefficient (Wildman–Crippen LogP) is 1.95. The molecule has 0 aromatic rings. The van der Waals surface area contributed by atoms with Gasteiger partial charge in [0, 0.05) is 5.71 Å². The van der Waals surface area contributed by atoms with Crippen LogP contribution in [0.25, 0.3) is 0 Å². The second-order valence-electron chi connectivity index (χ2n) is 4.31. The molecule has 74 valence electrons. The topological polar surface area (TPSA) is 38.7 Å². The summed E-state index contributed by atoms with van der Waals surface area (Å²) in [6.45, 7) is 7.68. The fraction of sp³-hybridized carbons (Fsp3) is 0.800. The zero-order valence-electron chi connectivity index (χ0n) is 8.76. The number of hydrogen-bond acceptors (Lipinski definition) is 3. The van der Waals surface area contributed by atoms with Crippen molar-refractivity contribution in [2.45, 2.75) is 52.2 Å². The van der Waals surface area contributed by atoms with E-state index in [-0.39, 0.29) is 12.0 Å².